The lowest BCUT2D eigenvalue weighted by Crippen LogP contribution is -2.37. The number of aromatic nitrogens is 1. The van der Waals surface area contributed by atoms with Crippen molar-refractivity contribution in [1.82, 2.24) is 10.3 Å². The molecule has 0 aliphatic heterocycles. The van der Waals surface area contributed by atoms with Crippen LogP contribution in [0, 0.1) is 5.82 Å². The normalized spacial score (nSPS) is 11.5. The Bertz CT molecular complexity index is 654. The zero-order valence-electron chi connectivity index (χ0n) is 12.7. The van der Waals surface area contributed by atoms with Crippen molar-refractivity contribution in [2.24, 2.45) is 5.73 Å². The Morgan fingerprint density at radius 3 is 2.82 bits per heavy atom. The van der Waals surface area contributed by atoms with Gasteiger partial charge in [0, 0.05) is 23.8 Å². The quantitative estimate of drug-likeness (QED) is 0.859. The van der Waals surface area contributed by atoms with Gasteiger partial charge < -0.3 is 11.1 Å². The molecule has 4 nitrogen and oxygen atoms in total. The predicted octanol–water partition coefficient (Wildman–Crippen LogP) is 2.49. The smallest absolute Gasteiger partial charge is 0.270 e. The molecule has 0 saturated carbocycles. The largest absolute Gasteiger partial charge is 0.350 e. The van der Waals surface area contributed by atoms with Gasteiger partial charge in [-0.15, -0.1) is 11.3 Å². The van der Waals surface area contributed by atoms with E-state index in [1.807, 2.05) is 13.8 Å². The number of carbonyl (C=O) groups is 1. The van der Waals surface area contributed by atoms with Crippen molar-refractivity contribution in [2.45, 2.75) is 25.7 Å². The van der Waals surface area contributed by atoms with Crippen molar-refractivity contribution < 1.29 is 9.18 Å². The lowest BCUT2D eigenvalue weighted by atomic mass is 9.84. The van der Waals surface area contributed by atoms with E-state index in [0.29, 0.717) is 30.8 Å². The summed E-state index contributed by atoms with van der Waals surface area (Å²) in [6, 6.07) is 6.62. The Kier molecular flexibility index (Phi) is 5.26. The number of hydrogen-bond acceptors (Lipinski definition) is 4. The summed E-state index contributed by atoms with van der Waals surface area (Å²) in [4.78, 5) is 16.4. The van der Waals surface area contributed by atoms with Crippen LogP contribution >= 0.6 is 11.3 Å². The highest BCUT2D eigenvalue weighted by Gasteiger charge is 2.25. The maximum atomic E-state index is 13.9. The number of carbonyl (C=O) groups excluding carboxylic acids is 1. The van der Waals surface area contributed by atoms with Gasteiger partial charge in [-0.2, -0.15) is 0 Å². The van der Waals surface area contributed by atoms with Crippen molar-refractivity contribution in [3.05, 3.63) is 51.7 Å². The molecule has 0 radical (unpaired) electrons. The molecule has 22 heavy (non-hydrogen) atoms. The van der Waals surface area contributed by atoms with Crippen LogP contribution in [0.1, 0.15) is 34.9 Å². The molecule has 1 aromatic heterocycles. The fourth-order valence-corrected chi connectivity index (χ4v) is 2.94. The fourth-order valence-electron chi connectivity index (χ4n) is 2.15. The zero-order valence-corrected chi connectivity index (χ0v) is 13.5. The minimum atomic E-state index is -0.503. The minimum Gasteiger partial charge on any atom is -0.350 e. The number of halogens is 1. The molecule has 0 bridgehead atoms. The highest BCUT2D eigenvalue weighted by atomic mass is 32.1. The number of rotatable bonds is 6. The fraction of sp³-hybridized carbons (Fsp3) is 0.375. The third kappa shape index (κ3) is 3.90. The number of amides is 1. The molecule has 0 aliphatic rings. The number of nitrogens with zero attached hydrogens (tertiary/aromatic N) is 1. The Balaban J connectivity index is 2.01. The van der Waals surface area contributed by atoms with Gasteiger partial charge in [0.15, 0.2) is 0 Å². The second-order valence-electron chi connectivity index (χ2n) is 5.71. The first-order valence-electron chi connectivity index (χ1n) is 7.12. The summed E-state index contributed by atoms with van der Waals surface area (Å²) in [6.07, 6.45) is 0.665. The van der Waals surface area contributed by atoms with Gasteiger partial charge in [0.1, 0.15) is 11.5 Å². The molecule has 0 saturated heterocycles. The van der Waals surface area contributed by atoms with E-state index < -0.39 is 5.41 Å². The van der Waals surface area contributed by atoms with Crippen molar-refractivity contribution in [2.75, 3.05) is 13.1 Å². The van der Waals surface area contributed by atoms with Gasteiger partial charge in [0.05, 0.1) is 5.01 Å². The number of nitrogens with two attached hydrogens (primary N) is 1. The van der Waals surface area contributed by atoms with Crippen LogP contribution in [0.15, 0.2) is 29.6 Å². The lowest BCUT2D eigenvalue weighted by molar-refractivity contribution is 0.0941. The number of hydrogen-bond donors (Lipinski definition) is 2. The van der Waals surface area contributed by atoms with E-state index in [1.165, 1.54) is 17.4 Å². The van der Waals surface area contributed by atoms with Gasteiger partial charge in [-0.05, 0) is 18.2 Å². The highest BCUT2D eigenvalue weighted by Crippen LogP contribution is 2.25. The Hall–Kier alpha value is -1.79. The number of benzene rings is 1. The Labute approximate surface area is 133 Å². The van der Waals surface area contributed by atoms with Crippen LogP contribution in [0.3, 0.4) is 0 Å². The van der Waals surface area contributed by atoms with Crippen molar-refractivity contribution in [3.8, 4) is 0 Å². The van der Waals surface area contributed by atoms with E-state index in [4.69, 9.17) is 5.73 Å². The SMILES string of the molecule is CC(C)(CNC(=O)c1csc(CCN)n1)c1ccccc1F. The van der Waals surface area contributed by atoms with Crippen LogP contribution < -0.4 is 11.1 Å². The predicted molar refractivity (Wildman–Crippen MR) is 86.6 cm³/mol. The summed E-state index contributed by atoms with van der Waals surface area (Å²) in [5.74, 6) is -0.510. The van der Waals surface area contributed by atoms with E-state index >= 15 is 0 Å². The van der Waals surface area contributed by atoms with Crippen LogP contribution in [0.4, 0.5) is 4.39 Å². The molecule has 0 unspecified atom stereocenters. The van der Waals surface area contributed by atoms with Gasteiger partial charge >= 0.3 is 0 Å². The van der Waals surface area contributed by atoms with E-state index in [-0.39, 0.29) is 11.7 Å². The summed E-state index contributed by atoms with van der Waals surface area (Å²) in [5, 5.41) is 5.39. The standard InChI is InChI=1S/C16H20FN3OS/c1-16(2,11-5-3-4-6-12(11)17)10-19-15(21)13-9-22-14(20-13)7-8-18/h3-6,9H,7-8,10,18H2,1-2H3,(H,19,21). The van der Waals surface area contributed by atoms with Crippen LogP contribution in [0.25, 0.3) is 0 Å². The average molecular weight is 321 g/mol. The maximum absolute atomic E-state index is 13.9. The summed E-state index contributed by atoms with van der Waals surface area (Å²) in [5.41, 5.74) is 5.94. The van der Waals surface area contributed by atoms with Crippen molar-refractivity contribution >= 4 is 17.2 Å². The molecule has 3 N–H and O–H groups in total. The molecule has 2 rings (SSSR count). The van der Waals surface area contributed by atoms with Gasteiger partial charge in [-0.3, -0.25) is 4.79 Å². The van der Waals surface area contributed by atoms with Gasteiger partial charge in [-0.1, -0.05) is 32.0 Å². The van der Waals surface area contributed by atoms with Gasteiger partial charge in [0.25, 0.3) is 5.91 Å². The molecule has 6 heteroatoms. The molecule has 1 aromatic carbocycles. The summed E-state index contributed by atoms with van der Waals surface area (Å²) in [6.45, 7) is 4.63. The Morgan fingerprint density at radius 2 is 2.14 bits per heavy atom. The molecular weight excluding hydrogens is 301 g/mol. The van der Waals surface area contributed by atoms with E-state index in [2.05, 4.69) is 10.3 Å². The number of thiazole rings is 1. The highest BCUT2D eigenvalue weighted by molar-refractivity contribution is 7.09. The lowest BCUT2D eigenvalue weighted by Gasteiger charge is -2.25. The molecule has 1 heterocycles. The Morgan fingerprint density at radius 1 is 1.41 bits per heavy atom. The average Bonchev–Trinajstić information content (AvgIpc) is 2.94. The summed E-state index contributed by atoms with van der Waals surface area (Å²) < 4.78 is 13.9. The second-order valence-corrected chi connectivity index (χ2v) is 6.65. The maximum Gasteiger partial charge on any atom is 0.270 e. The van der Waals surface area contributed by atoms with Gasteiger partial charge in [0.2, 0.25) is 0 Å². The molecule has 0 spiro atoms. The van der Waals surface area contributed by atoms with Crippen molar-refractivity contribution in [3.63, 3.8) is 0 Å². The van der Waals surface area contributed by atoms with Crippen LogP contribution in [0.5, 0.6) is 0 Å². The zero-order chi connectivity index (χ0) is 16.2. The van der Waals surface area contributed by atoms with Crippen molar-refractivity contribution in [1.29, 1.82) is 0 Å². The number of nitrogens with one attached hydrogen (secondary N) is 1. The summed E-state index contributed by atoms with van der Waals surface area (Å²) >= 11 is 1.42. The molecule has 0 atom stereocenters. The second kappa shape index (κ2) is 6.98. The van der Waals surface area contributed by atoms with E-state index in [1.54, 1.807) is 23.6 Å². The molecule has 2 aromatic rings. The third-order valence-corrected chi connectivity index (χ3v) is 4.35. The first-order valence-corrected chi connectivity index (χ1v) is 7.99. The first-order chi connectivity index (χ1) is 10.4. The molecule has 0 aliphatic carbocycles. The topological polar surface area (TPSA) is 68.0 Å². The van der Waals surface area contributed by atoms with Crippen LogP contribution in [0.2, 0.25) is 0 Å². The molecule has 1 amide bonds. The first kappa shape index (κ1) is 16.6. The van der Waals surface area contributed by atoms with E-state index in [9.17, 15) is 9.18 Å². The molecule has 118 valence electrons. The van der Waals surface area contributed by atoms with Gasteiger partial charge in [-0.25, -0.2) is 9.37 Å². The minimum absolute atomic E-state index is 0.246. The van der Waals surface area contributed by atoms with E-state index in [0.717, 1.165) is 5.01 Å². The molecular formula is C16H20FN3OS. The third-order valence-electron chi connectivity index (χ3n) is 3.44. The monoisotopic (exact) mass is 321 g/mol. The van der Waals surface area contributed by atoms with Crippen LogP contribution in [-0.4, -0.2) is 24.0 Å². The molecule has 0 fully saturated rings. The van der Waals surface area contributed by atoms with Crippen LogP contribution in [-0.2, 0) is 11.8 Å². The summed E-state index contributed by atoms with van der Waals surface area (Å²) in [7, 11) is 0.